The predicted octanol–water partition coefficient (Wildman–Crippen LogP) is 3.07. The van der Waals surface area contributed by atoms with Crippen molar-refractivity contribution in [1.82, 2.24) is 9.78 Å². The molecule has 110 valence electrons. The number of isocyanates is 1. The Morgan fingerprint density at radius 3 is 2.80 bits per heavy atom. The number of rotatable bonds is 7. The van der Waals surface area contributed by atoms with Gasteiger partial charge in [-0.1, -0.05) is 20.8 Å². The largest absolute Gasteiger partial charge is 0.477 e. The molecule has 0 amide bonds. The lowest BCUT2D eigenvalue weighted by atomic mass is 10.1. The number of hydrogen-bond acceptors (Lipinski definition) is 4. The highest BCUT2D eigenvalue weighted by molar-refractivity contribution is 5.40. The van der Waals surface area contributed by atoms with E-state index in [1.807, 2.05) is 13.8 Å². The first kappa shape index (κ1) is 16.2. The summed E-state index contributed by atoms with van der Waals surface area (Å²) in [5.74, 6) is 1.20. The van der Waals surface area contributed by atoms with Gasteiger partial charge in [0.2, 0.25) is 12.0 Å². The lowest BCUT2D eigenvalue weighted by molar-refractivity contribution is 0.253. The third kappa shape index (κ3) is 4.67. The summed E-state index contributed by atoms with van der Waals surface area (Å²) in [6, 6.07) is 0. The van der Waals surface area contributed by atoms with E-state index in [9.17, 15) is 4.79 Å². The van der Waals surface area contributed by atoms with Crippen LogP contribution >= 0.6 is 0 Å². The Morgan fingerprint density at radius 2 is 2.25 bits per heavy atom. The Kier molecular flexibility index (Phi) is 5.71. The maximum absolute atomic E-state index is 10.4. The molecule has 1 aromatic rings. The Hall–Kier alpha value is -1.87. The fraction of sp³-hybridized carbons (Fsp3) is 0.600. The van der Waals surface area contributed by atoms with Gasteiger partial charge in [0.25, 0.3) is 0 Å². The van der Waals surface area contributed by atoms with Crippen molar-refractivity contribution in [2.45, 2.75) is 46.6 Å². The third-order valence-electron chi connectivity index (χ3n) is 2.71. The molecule has 0 atom stereocenters. The van der Waals surface area contributed by atoms with E-state index in [0.717, 1.165) is 17.9 Å². The average molecular weight is 277 g/mol. The zero-order valence-corrected chi connectivity index (χ0v) is 12.9. The van der Waals surface area contributed by atoms with Gasteiger partial charge >= 0.3 is 0 Å². The third-order valence-corrected chi connectivity index (χ3v) is 2.71. The molecule has 0 unspecified atom stereocenters. The molecule has 0 saturated heterocycles. The van der Waals surface area contributed by atoms with E-state index >= 15 is 0 Å². The Morgan fingerprint density at radius 1 is 1.55 bits per heavy atom. The SMILES string of the molecule is CCc1cnn(/C=C/C(C)(C)N=C=O)c1OCC(C)C. The highest BCUT2D eigenvalue weighted by Crippen LogP contribution is 2.21. The van der Waals surface area contributed by atoms with Gasteiger partial charge in [-0.05, 0) is 32.3 Å². The second-order valence-electron chi connectivity index (χ2n) is 5.65. The summed E-state index contributed by atoms with van der Waals surface area (Å²) in [4.78, 5) is 14.1. The van der Waals surface area contributed by atoms with Crippen LogP contribution in [0.1, 0.15) is 40.2 Å². The van der Waals surface area contributed by atoms with E-state index in [4.69, 9.17) is 4.74 Å². The number of aliphatic imine (C=N–C) groups is 1. The number of aryl methyl sites for hydroxylation is 1. The van der Waals surface area contributed by atoms with Gasteiger partial charge in [0, 0.05) is 11.8 Å². The van der Waals surface area contributed by atoms with Crippen LogP contribution in [-0.4, -0.2) is 28.0 Å². The molecule has 1 rings (SSSR count). The average Bonchev–Trinajstić information content (AvgIpc) is 2.76. The van der Waals surface area contributed by atoms with E-state index in [0.29, 0.717) is 12.5 Å². The van der Waals surface area contributed by atoms with Crippen LogP contribution in [0.4, 0.5) is 0 Å². The Labute approximate surface area is 120 Å². The van der Waals surface area contributed by atoms with Gasteiger partial charge in [-0.25, -0.2) is 9.48 Å². The van der Waals surface area contributed by atoms with Gasteiger partial charge in [0.05, 0.1) is 18.3 Å². The summed E-state index contributed by atoms with van der Waals surface area (Å²) in [5.41, 5.74) is 0.460. The van der Waals surface area contributed by atoms with Crippen LogP contribution in [0.2, 0.25) is 0 Å². The summed E-state index contributed by atoms with van der Waals surface area (Å²) in [6.07, 6.45) is 7.81. The van der Waals surface area contributed by atoms with Gasteiger partial charge in [-0.2, -0.15) is 10.1 Å². The first-order valence-electron chi connectivity index (χ1n) is 6.87. The molecular weight excluding hydrogens is 254 g/mol. The minimum atomic E-state index is -0.602. The fourth-order valence-electron chi connectivity index (χ4n) is 1.55. The zero-order chi connectivity index (χ0) is 15.2. The number of nitrogens with zero attached hydrogens (tertiary/aromatic N) is 3. The molecule has 0 fully saturated rings. The smallest absolute Gasteiger partial charge is 0.235 e. The summed E-state index contributed by atoms with van der Waals surface area (Å²) >= 11 is 0. The van der Waals surface area contributed by atoms with E-state index in [1.54, 1.807) is 29.2 Å². The number of hydrogen-bond donors (Lipinski definition) is 0. The molecule has 0 aromatic carbocycles. The highest BCUT2D eigenvalue weighted by atomic mass is 16.5. The second kappa shape index (κ2) is 7.06. The summed E-state index contributed by atoms with van der Waals surface area (Å²) in [5, 5.41) is 4.29. The van der Waals surface area contributed by atoms with Crippen molar-refractivity contribution < 1.29 is 9.53 Å². The van der Waals surface area contributed by atoms with Gasteiger partial charge in [0.15, 0.2) is 0 Å². The minimum absolute atomic E-state index is 0.447. The van der Waals surface area contributed by atoms with Crippen molar-refractivity contribution in [1.29, 1.82) is 0 Å². The summed E-state index contributed by atoms with van der Waals surface area (Å²) in [6.45, 7) is 10.6. The van der Waals surface area contributed by atoms with Crippen LogP contribution in [0, 0.1) is 5.92 Å². The first-order valence-corrected chi connectivity index (χ1v) is 6.87. The van der Waals surface area contributed by atoms with Crippen LogP contribution in [0.25, 0.3) is 6.20 Å². The van der Waals surface area contributed by atoms with Crippen molar-refractivity contribution in [2.24, 2.45) is 10.9 Å². The maximum Gasteiger partial charge on any atom is 0.235 e. The van der Waals surface area contributed by atoms with Crippen LogP contribution in [0.15, 0.2) is 17.3 Å². The monoisotopic (exact) mass is 277 g/mol. The van der Waals surface area contributed by atoms with Crippen LogP contribution < -0.4 is 4.74 Å². The van der Waals surface area contributed by atoms with Crippen molar-refractivity contribution >= 4 is 12.3 Å². The molecule has 5 heteroatoms. The molecular formula is C15H23N3O2. The van der Waals surface area contributed by atoms with Crippen LogP contribution in [-0.2, 0) is 11.2 Å². The molecule has 0 N–H and O–H groups in total. The zero-order valence-electron chi connectivity index (χ0n) is 12.9. The molecule has 5 nitrogen and oxygen atoms in total. The maximum atomic E-state index is 10.4. The van der Waals surface area contributed by atoms with E-state index in [-0.39, 0.29) is 0 Å². The summed E-state index contributed by atoms with van der Waals surface area (Å²) < 4.78 is 7.51. The summed E-state index contributed by atoms with van der Waals surface area (Å²) in [7, 11) is 0. The molecule has 1 aromatic heterocycles. The number of aromatic nitrogens is 2. The topological polar surface area (TPSA) is 56.5 Å². The van der Waals surface area contributed by atoms with Crippen molar-refractivity contribution in [3.05, 3.63) is 17.8 Å². The normalized spacial score (nSPS) is 11.9. The molecule has 20 heavy (non-hydrogen) atoms. The van der Waals surface area contributed by atoms with Crippen LogP contribution in [0.3, 0.4) is 0 Å². The van der Waals surface area contributed by atoms with Crippen molar-refractivity contribution in [2.75, 3.05) is 6.61 Å². The Bertz CT molecular complexity index is 509. The van der Waals surface area contributed by atoms with Gasteiger partial charge in [-0.15, -0.1) is 0 Å². The highest BCUT2D eigenvalue weighted by Gasteiger charge is 2.14. The molecule has 0 spiro atoms. The molecule has 0 bridgehead atoms. The van der Waals surface area contributed by atoms with Gasteiger partial charge in [-0.3, -0.25) is 0 Å². The van der Waals surface area contributed by atoms with Gasteiger partial charge in [0.1, 0.15) is 0 Å². The lowest BCUT2D eigenvalue weighted by Gasteiger charge is -2.13. The molecule has 0 aliphatic heterocycles. The lowest BCUT2D eigenvalue weighted by Crippen LogP contribution is -2.13. The quantitative estimate of drug-likeness (QED) is 0.568. The molecule has 1 heterocycles. The van der Waals surface area contributed by atoms with Crippen molar-refractivity contribution in [3.8, 4) is 5.88 Å². The standard InChI is InChI=1S/C15H23N3O2/c1-6-13-9-17-18(14(13)20-10-12(2)3)8-7-15(4,5)16-11-19/h7-9,12H,6,10H2,1-5H3/b8-7+. The predicted molar refractivity (Wildman–Crippen MR) is 79.5 cm³/mol. The second-order valence-corrected chi connectivity index (χ2v) is 5.65. The molecule has 0 aliphatic rings. The van der Waals surface area contributed by atoms with E-state index in [2.05, 4.69) is 30.9 Å². The number of ether oxygens (including phenoxy) is 1. The fourth-order valence-corrected chi connectivity index (χ4v) is 1.55. The minimum Gasteiger partial charge on any atom is -0.477 e. The van der Waals surface area contributed by atoms with E-state index in [1.165, 1.54) is 0 Å². The first-order chi connectivity index (χ1) is 9.39. The molecule has 0 radical (unpaired) electrons. The Balaban J connectivity index is 2.97. The number of carbonyl (C=O) groups excluding carboxylic acids is 1. The molecule has 0 saturated carbocycles. The van der Waals surface area contributed by atoms with E-state index < -0.39 is 5.54 Å². The van der Waals surface area contributed by atoms with Crippen LogP contribution in [0.5, 0.6) is 5.88 Å². The van der Waals surface area contributed by atoms with Gasteiger partial charge < -0.3 is 4.74 Å². The molecule has 0 aliphatic carbocycles. The van der Waals surface area contributed by atoms with Crippen molar-refractivity contribution in [3.63, 3.8) is 0 Å².